The lowest BCUT2D eigenvalue weighted by atomic mass is 9.98. The second-order valence-electron chi connectivity index (χ2n) is 7.79. The van der Waals surface area contributed by atoms with Crippen LogP contribution in [0, 0.1) is 5.92 Å². The molecule has 2 aliphatic rings. The van der Waals surface area contributed by atoms with Crippen LogP contribution in [0.3, 0.4) is 0 Å². The van der Waals surface area contributed by atoms with Crippen LogP contribution in [-0.2, 0) is 24.8 Å². The largest absolute Gasteiger partial charge is 0.487 e. The molecule has 1 fully saturated rings. The quantitative estimate of drug-likeness (QED) is 0.908. The van der Waals surface area contributed by atoms with Gasteiger partial charge in [0, 0.05) is 50.8 Å². The molecule has 0 unspecified atom stereocenters. The second-order valence-corrected chi connectivity index (χ2v) is 7.79. The summed E-state index contributed by atoms with van der Waals surface area (Å²) in [5, 5.41) is 7.90. The van der Waals surface area contributed by atoms with Gasteiger partial charge in [-0.15, -0.1) is 0 Å². The van der Waals surface area contributed by atoms with Crippen LogP contribution in [0.1, 0.15) is 43.2 Å². The number of rotatable bonds is 5. The first-order chi connectivity index (χ1) is 12.0. The van der Waals surface area contributed by atoms with Crippen LogP contribution in [0.2, 0.25) is 0 Å². The van der Waals surface area contributed by atoms with Gasteiger partial charge in [-0.1, -0.05) is 18.2 Å². The molecule has 0 amide bonds. The summed E-state index contributed by atoms with van der Waals surface area (Å²) >= 11 is 0. The molecule has 0 aliphatic carbocycles. The average Bonchev–Trinajstić information content (AvgIpc) is 3.24. The molecule has 5 nitrogen and oxygen atoms in total. The van der Waals surface area contributed by atoms with Crippen molar-refractivity contribution in [1.29, 1.82) is 0 Å². The molecular weight excluding hydrogens is 314 g/mol. The number of aromatic nitrogens is 2. The number of ether oxygens (including phenoxy) is 2. The molecule has 2 aliphatic heterocycles. The van der Waals surface area contributed by atoms with Crippen molar-refractivity contribution < 1.29 is 9.47 Å². The standard InChI is InChI=1S/C20H27N3O2/c1-20(2)11-14-5-4-6-15(18(14)25-20)12-21-13-16-8-10-24-19(16)17-7-9-22-23(17)3/h4-7,9,16,19,21H,8,10-13H2,1-3H3/t16-,19+/m0/s1. The first-order valence-electron chi connectivity index (χ1n) is 9.13. The molecule has 4 rings (SSSR count). The molecular formula is C20H27N3O2. The molecule has 1 saturated heterocycles. The van der Waals surface area contributed by atoms with Crippen LogP contribution in [0.15, 0.2) is 30.5 Å². The van der Waals surface area contributed by atoms with Gasteiger partial charge in [-0.25, -0.2) is 0 Å². The summed E-state index contributed by atoms with van der Waals surface area (Å²) in [6, 6.07) is 8.54. The molecule has 0 bridgehead atoms. The topological polar surface area (TPSA) is 48.3 Å². The summed E-state index contributed by atoms with van der Waals surface area (Å²) in [6.45, 7) is 6.88. The zero-order valence-electron chi connectivity index (χ0n) is 15.3. The van der Waals surface area contributed by atoms with Crippen LogP contribution >= 0.6 is 0 Å². The molecule has 134 valence electrons. The van der Waals surface area contributed by atoms with Crippen molar-refractivity contribution in [1.82, 2.24) is 15.1 Å². The SMILES string of the molecule is Cn1nccc1[C@@H]1OCC[C@H]1CNCc1cccc2c1OC(C)(C)C2. The lowest BCUT2D eigenvalue weighted by Gasteiger charge is -2.20. The second kappa shape index (κ2) is 6.46. The summed E-state index contributed by atoms with van der Waals surface area (Å²) in [5.74, 6) is 1.55. The van der Waals surface area contributed by atoms with E-state index in [1.165, 1.54) is 11.1 Å². The number of fused-ring (bicyclic) bond motifs is 1. The van der Waals surface area contributed by atoms with Gasteiger partial charge in [0.05, 0.1) is 5.69 Å². The van der Waals surface area contributed by atoms with Crippen LogP contribution in [-0.4, -0.2) is 28.5 Å². The van der Waals surface area contributed by atoms with Crippen LogP contribution < -0.4 is 10.1 Å². The number of hydrogen-bond acceptors (Lipinski definition) is 4. The van der Waals surface area contributed by atoms with Gasteiger partial charge < -0.3 is 14.8 Å². The lowest BCUT2D eigenvalue weighted by Crippen LogP contribution is -2.26. The molecule has 0 saturated carbocycles. The monoisotopic (exact) mass is 341 g/mol. The zero-order chi connectivity index (χ0) is 17.4. The number of nitrogens with zero attached hydrogens (tertiary/aromatic N) is 2. The van der Waals surface area contributed by atoms with Gasteiger partial charge in [0.25, 0.3) is 0 Å². The third kappa shape index (κ3) is 3.31. The Morgan fingerprint density at radius 1 is 1.32 bits per heavy atom. The number of hydrogen-bond donors (Lipinski definition) is 1. The molecule has 25 heavy (non-hydrogen) atoms. The Balaban J connectivity index is 1.39. The van der Waals surface area contributed by atoms with E-state index in [-0.39, 0.29) is 11.7 Å². The Morgan fingerprint density at radius 3 is 3.00 bits per heavy atom. The minimum Gasteiger partial charge on any atom is -0.487 e. The minimum atomic E-state index is -0.0949. The average molecular weight is 341 g/mol. The highest BCUT2D eigenvalue weighted by Crippen LogP contribution is 2.38. The minimum absolute atomic E-state index is 0.0949. The van der Waals surface area contributed by atoms with Crippen molar-refractivity contribution >= 4 is 0 Å². The first kappa shape index (κ1) is 16.6. The van der Waals surface area contributed by atoms with Crippen molar-refractivity contribution in [3.05, 3.63) is 47.3 Å². The van der Waals surface area contributed by atoms with Gasteiger partial charge in [-0.2, -0.15) is 5.10 Å². The van der Waals surface area contributed by atoms with Crippen molar-refractivity contribution in [3.8, 4) is 5.75 Å². The molecule has 1 aromatic heterocycles. The van der Waals surface area contributed by atoms with E-state index in [4.69, 9.17) is 9.47 Å². The molecule has 5 heteroatoms. The molecule has 1 aromatic carbocycles. The highest BCUT2D eigenvalue weighted by molar-refractivity contribution is 5.45. The van der Waals surface area contributed by atoms with Gasteiger partial charge in [-0.05, 0) is 31.9 Å². The maximum atomic E-state index is 6.17. The molecule has 2 atom stereocenters. The maximum absolute atomic E-state index is 6.17. The number of nitrogens with one attached hydrogen (secondary N) is 1. The summed E-state index contributed by atoms with van der Waals surface area (Å²) in [5.41, 5.74) is 3.64. The van der Waals surface area contributed by atoms with E-state index in [9.17, 15) is 0 Å². The van der Waals surface area contributed by atoms with Gasteiger partial charge in [-0.3, -0.25) is 4.68 Å². The first-order valence-corrected chi connectivity index (χ1v) is 9.13. The summed E-state index contributed by atoms with van der Waals surface area (Å²) in [7, 11) is 1.98. The van der Waals surface area contributed by atoms with Crippen LogP contribution in [0.25, 0.3) is 0 Å². The summed E-state index contributed by atoms with van der Waals surface area (Å²) in [4.78, 5) is 0. The van der Waals surface area contributed by atoms with E-state index in [0.29, 0.717) is 5.92 Å². The van der Waals surface area contributed by atoms with Crippen molar-refractivity contribution in [2.45, 2.75) is 44.9 Å². The van der Waals surface area contributed by atoms with E-state index in [1.54, 1.807) is 0 Å². The molecule has 1 N–H and O–H groups in total. The third-order valence-electron chi connectivity index (χ3n) is 5.26. The Labute approximate surface area is 149 Å². The number of para-hydroxylation sites is 1. The fourth-order valence-corrected chi connectivity index (χ4v) is 4.04. The maximum Gasteiger partial charge on any atom is 0.127 e. The number of aryl methyl sites for hydroxylation is 1. The van der Waals surface area contributed by atoms with Crippen molar-refractivity contribution in [2.24, 2.45) is 13.0 Å². The van der Waals surface area contributed by atoms with Crippen molar-refractivity contribution in [2.75, 3.05) is 13.2 Å². The molecule has 0 spiro atoms. The number of benzene rings is 1. The molecule has 2 aromatic rings. The van der Waals surface area contributed by atoms with Gasteiger partial charge in [0.2, 0.25) is 0 Å². The van der Waals surface area contributed by atoms with Gasteiger partial charge >= 0.3 is 0 Å². The van der Waals surface area contributed by atoms with Gasteiger partial charge in [0.1, 0.15) is 17.5 Å². The van der Waals surface area contributed by atoms with Crippen molar-refractivity contribution in [3.63, 3.8) is 0 Å². The fraction of sp³-hybridized carbons (Fsp3) is 0.550. The predicted molar refractivity (Wildman–Crippen MR) is 96.6 cm³/mol. The Bertz CT molecular complexity index is 753. The van der Waals surface area contributed by atoms with E-state index in [0.717, 1.165) is 44.0 Å². The Hall–Kier alpha value is -1.85. The fourth-order valence-electron chi connectivity index (χ4n) is 4.04. The van der Waals surface area contributed by atoms with E-state index in [1.807, 2.05) is 17.9 Å². The van der Waals surface area contributed by atoms with E-state index in [2.05, 4.69) is 48.5 Å². The lowest BCUT2D eigenvalue weighted by molar-refractivity contribution is 0.0837. The predicted octanol–water partition coefficient (Wildman–Crippen LogP) is 3.00. The highest BCUT2D eigenvalue weighted by Gasteiger charge is 2.33. The zero-order valence-corrected chi connectivity index (χ0v) is 15.3. The van der Waals surface area contributed by atoms with E-state index >= 15 is 0 Å². The third-order valence-corrected chi connectivity index (χ3v) is 5.26. The van der Waals surface area contributed by atoms with E-state index < -0.39 is 0 Å². The normalized spacial score (nSPS) is 24.3. The summed E-state index contributed by atoms with van der Waals surface area (Å²) < 4.78 is 14.1. The molecule has 3 heterocycles. The van der Waals surface area contributed by atoms with Gasteiger partial charge in [0.15, 0.2) is 0 Å². The summed E-state index contributed by atoms with van der Waals surface area (Å²) in [6.07, 6.45) is 4.04. The van der Waals surface area contributed by atoms with Crippen LogP contribution in [0.4, 0.5) is 0 Å². The Morgan fingerprint density at radius 2 is 2.20 bits per heavy atom. The van der Waals surface area contributed by atoms with Crippen LogP contribution in [0.5, 0.6) is 5.75 Å². The Kier molecular flexibility index (Phi) is 4.29. The smallest absolute Gasteiger partial charge is 0.127 e. The highest BCUT2D eigenvalue weighted by atomic mass is 16.5. The molecule has 0 radical (unpaired) electrons.